The number of carboxylic acid groups (broad SMARTS) is 1. The maximum Gasteiger partial charge on any atom is 0.324 e. The second-order valence-electron chi connectivity index (χ2n) is 3.77. The molecule has 2 amide bonds. The second kappa shape index (κ2) is 5.90. The number of urea groups is 1. The molecule has 18 heavy (non-hydrogen) atoms. The highest BCUT2D eigenvalue weighted by Crippen LogP contribution is 2.18. The van der Waals surface area contributed by atoms with Crippen molar-refractivity contribution in [3.05, 3.63) is 24.3 Å². The number of carbonyl (C=O) groups excluding carboxylic acids is 1. The van der Waals surface area contributed by atoms with Crippen LogP contribution in [0.15, 0.2) is 24.3 Å². The normalized spacial score (nSPS) is 9.89. The van der Waals surface area contributed by atoms with E-state index in [1.54, 1.807) is 26.1 Å². The Labute approximate surface area is 105 Å². The summed E-state index contributed by atoms with van der Waals surface area (Å²) in [5, 5.41) is 17.9. The smallest absolute Gasteiger partial charge is 0.324 e. The summed E-state index contributed by atoms with van der Waals surface area (Å²) in [6, 6.07) is 5.70. The van der Waals surface area contributed by atoms with Crippen molar-refractivity contribution < 1.29 is 19.8 Å². The van der Waals surface area contributed by atoms with E-state index in [4.69, 9.17) is 10.2 Å². The Kier molecular flexibility index (Phi) is 4.53. The number of nitrogens with zero attached hydrogens (tertiary/aromatic N) is 2. The van der Waals surface area contributed by atoms with E-state index < -0.39 is 12.0 Å². The summed E-state index contributed by atoms with van der Waals surface area (Å²) in [5.74, 6) is -0.943. The number of benzene rings is 1. The largest absolute Gasteiger partial charge is 0.508 e. The Morgan fingerprint density at radius 1 is 1.22 bits per heavy atom. The highest BCUT2D eigenvalue weighted by atomic mass is 16.4. The summed E-state index contributed by atoms with van der Waals surface area (Å²) in [6.07, 6.45) is 0. The summed E-state index contributed by atoms with van der Waals surface area (Å²) in [6.45, 7) is 1.69. The molecule has 0 unspecified atom stereocenters. The van der Waals surface area contributed by atoms with Crippen molar-refractivity contribution in [3.63, 3.8) is 0 Å². The quantitative estimate of drug-likeness (QED) is 0.847. The highest BCUT2D eigenvalue weighted by molar-refractivity contribution is 5.93. The maximum atomic E-state index is 12.0. The van der Waals surface area contributed by atoms with Crippen LogP contribution in [0.2, 0.25) is 0 Å². The van der Waals surface area contributed by atoms with Gasteiger partial charge in [-0.05, 0) is 31.2 Å². The van der Waals surface area contributed by atoms with Crippen LogP contribution in [-0.2, 0) is 4.79 Å². The Morgan fingerprint density at radius 2 is 1.78 bits per heavy atom. The predicted molar refractivity (Wildman–Crippen MR) is 66.8 cm³/mol. The van der Waals surface area contributed by atoms with Crippen molar-refractivity contribution in [2.24, 2.45) is 0 Å². The van der Waals surface area contributed by atoms with Gasteiger partial charge < -0.3 is 15.1 Å². The van der Waals surface area contributed by atoms with E-state index in [0.29, 0.717) is 12.2 Å². The number of carboxylic acids is 1. The van der Waals surface area contributed by atoms with Gasteiger partial charge in [0.15, 0.2) is 0 Å². The molecular weight excluding hydrogens is 236 g/mol. The zero-order valence-corrected chi connectivity index (χ0v) is 10.3. The van der Waals surface area contributed by atoms with Gasteiger partial charge in [-0.2, -0.15) is 0 Å². The first-order valence-corrected chi connectivity index (χ1v) is 5.49. The van der Waals surface area contributed by atoms with Gasteiger partial charge in [0.2, 0.25) is 0 Å². The van der Waals surface area contributed by atoms with Crippen molar-refractivity contribution in [1.82, 2.24) is 4.90 Å². The molecule has 0 bridgehead atoms. The number of aliphatic carboxylic acids is 1. The molecule has 1 aromatic carbocycles. The van der Waals surface area contributed by atoms with E-state index in [1.807, 2.05) is 0 Å². The van der Waals surface area contributed by atoms with E-state index in [9.17, 15) is 9.59 Å². The molecule has 98 valence electrons. The molecule has 1 aromatic rings. The zero-order chi connectivity index (χ0) is 13.7. The third-order valence-corrected chi connectivity index (χ3v) is 2.50. The van der Waals surface area contributed by atoms with Crippen LogP contribution in [0, 0.1) is 0 Å². The van der Waals surface area contributed by atoms with Crippen molar-refractivity contribution in [3.8, 4) is 5.75 Å². The highest BCUT2D eigenvalue weighted by Gasteiger charge is 2.19. The topological polar surface area (TPSA) is 81.1 Å². The van der Waals surface area contributed by atoms with Crippen LogP contribution in [0.5, 0.6) is 5.75 Å². The summed E-state index contributed by atoms with van der Waals surface area (Å²) < 4.78 is 0. The molecule has 0 saturated heterocycles. The van der Waals surface area contributed by atoms with Gasteiger partial charge in [0.05, 0.1) is 0 Å². The van der Waals surface area contributed by atoms with E-state index in [2.05, 4.69) is 0 Å². The lowest BCUT2D eigenvalue weighted by Crippen LogP contribution is -2.43. The molecular formula is C12H16N2O4. The van der Waals surface area contributed by atoms with Gasteiger partial charge in [-0.25, -0.2) is 4.79 Å². The molecule has 2 N–H and O–H groups in total. The van der Waals surface area contributed by atoms with Crippen LogP contribution in [0.3, 0.4) is 0 Å². The Morgan fingerprint density at radius 3 is 2.22 bits per heavy atom. The van der Waals surface area contributed by atoms with Crippen LogP contribution in [0.25, 0.3) is 0 Å². The molecule has 0 aliphatic heterocycles. The van der Waals surface area contributed by atoms with Gasteiger partial charge in [0.1, 0.15) is 12.3 Å². The van der Waals surface area contributed by atoms with Gasteiger partial charge in [0.25, 0.3) is 0 Å². The third kappa shape index (κ3) is 3.38. The molecule has 1 rings (SSSR count). The SMILES string of the molecule is CCN(CC(=O)O)C(=O)N(C)c1ccc(O)cc1. The number of rotatable bonds is 4. The third-order valence-electron chi connectivity index (χ3n) is 2.50. The lowest BCUT2D eigenvalue weighted by Gasteiger charge is -2.26. The van der Waals surface area contributed by atoms with Gasteiger partial charge in [-0.1, -0.05) is 0 Å². The first kappa shape index (κ1) is 13.8. The van der Waals surface area contributed by atoms with Gasteiger partial charge >= 0.3 is 12.0 Å². The molecule has 0 heterocycles. The Hall–Kier alpha value is -2.24. The molecule has 0 saturated carbocycles. The minimum atomic E-state index is -1.05. The number of carbonyl (C=O) groups is 2. The van der Waals surface area contributed by atoms with Crippen molar-refractivity contribution in [2.75, 3.05) is 25.0 Å². The number of hydrogen-bond acceptors (Lipinski definition) is 3. The lowest BCUT2D eigenvalue weighted by molar-refractivity contribution is -0.137. The molecule has 0 aliphatic rings. The second-order valence-corrected chi connectivity index (χ2v) is 3.77. The number of hydrogen-bond donors (Lipinski definition) is 2. The van der Waals surface area contributed by atoms with Crippen LogP contribution >= 0.6 is 0 Å². The summed E-state index contributed by atoms with van der Waals surface area (Å²) in [4.78, 5) is 25.2. The standard InChI is InChI=1S/C12H16N2O4/c1-3-14(8-11(16)17)12(18)13(2)9-4-6-10(15)7-5-9/h4-7,15H,3,8H2,1-2H3,(H,16,17). The molecule has 0 fully saturated rings. The molecule has 0 radical (unpaired) electrons. The van der Waals surface area contributed by atoms with Gasteiger partial charge in [-0.15, -0.1) is 0 Å². The minimum Gasteiger partial charge on any atom is -0.508 e. The van der Waals surface area contributed by atoms with Crippen molar-refractivity contribution >= 4 is 17.7 Å². The average molecular weight is 252 g/mol. The number of phenols is 1. The van der Waals surface area contributed by atoms with E-state index in [0.717, 1.165) is 0 Å². The molecule has 6 nitrogen and oxygen atoms in total. The summed E-state index contributed by atoms with van der Waals surface area (Å²) in [5.41, 5.74) is 0.585. The summed E-state index contributed by atoms with van der Waals surface area (Å²) >= 11 is 0. The number of amides is 2. The first-order valence-electron chi connectivity index (χ1n) is 5.49. The van der Waals surface area contributed by atoms with Crippen LogP contribution in [-0.4, -0.2) is 47.3 Å². The minimum absolute atomic E-state index is 0.109. The maximum absolute atomic E-state index is 12.0. The predicted octanol–water partition coefficient (Wildman–Crippen LogP) is 1.35. The number of anilines is 1. The fourth-order valence-electron chi connectivity index (χ4n) is 1.48. The van der Waals surface area contributed by atoms with E-state index in [1.165, 1.54) is 21.9 Å². The fraction of sp³-hybridized carbons (Fsp3) is 0.333. The molecule has 0 aromatic heterocycles. The Balaban J connectivity index is 2.81. The molecule has 0 atom stereocenters. The first-order chi connectivity index (χ1) is 8.45. The van der Waals surface area contributed by atoms with Crippen LogP contribution in [0.1, 0.15) is 6.92 Å². The van der Waals surface area contributed by atoms with Crippen molar-refractivity contribution in [1.29, 1.82) is 0 Å². The van der Waals surface area contributed by atoms with E-state index >= 15 is 0 Å². The number of phenolic OH excluding ortho intramolecular Hbond substituents is 1. The number of likely N-dealkylation sites (N-methyl/N-ethyl adjacent to an activating group) is 1. The van der Waals surface area contributed by atoms with Gasteiger partial charge in [0, 0.05) is 19.3 Å². The van der Waals surface area contributed by atoms with Crippen molar-refractivity contribution in [2.45, 2.75) is 6.92 Å². The van der Waals surface area contributed by atoms with Crippen LogP contribution < -0.4 is 4.90 Å². The monoisotopic (exact) mass is 252 g/mol. The molecule has 0 spiro atoms. The van der Waals surface area contributed by atoms with Crippen LogP contribution in [0.4, 0.5) is 10.5 Å². The molecule has 6 heteroatoms. The Bertz CT molecular complexity index is 430. The van der Waals surface area contributed by atoms with Gasteiger partial charge in [-0.3, -0.25) is 9.69 Å². The number of aromatic hydroxyl groups is 1. The zero-order valence-electron chi connectivity index (χ0n) is 10.3. The van der Waals surface area contributed by atoms with E-state index in [-0.39, 0.29) is 12.3 Å². The fourth-order valence-corrected chi connectivity index (χ4v) is 1.48. The molecule has 0 aliphatic carbocycles. The summed E-state index contributed by atoms with van der Waals surface area (Å²) in [7, 11) is 1.55. The lowest BCUT2D eigenvalue weighted by atomic mass is 10.3. The average Bonchev–Trinajstić information content (AvgIpc) is 2.35.